The van der Waals surface area contributed by atoms with Gasteiger partial charge in [0, 0.05) is 5.25 Å². The van der Waals surface area contributed by atoms with Gasteiger partial charge in [-0.05, 0) is 19.3 Å². The highest BCUT2D eigenvalue weighted by atomic mass is 32.1. The van der Waals surface area contributed by atoms with Crippen LogP contribution in [0, 0.1) is 5.92 Å². The van der Waals surface area contributed by atoms with Crippen LogP contribution in [0.4, 0.5) is 13.2 Å². The number of rotatable bonds is 0. The maximum Gasteiger partial charge on any atom is 0.391 e. The van der Waals surface area contributed by atoms with Gasteiger partial charge in [-0.25, -0.2) is 0 Å². The molecule has 1 fully saturated rings. The van der Waals surface area contributed by atoms with Crippen molar-refractivity contribution in [3.63, 3.8) is 0 Å². The van der Waals surface area contributed by atoms with Crippen LogP contribution in [0.5, 0.6) is 0 Å². The number of thiol groups is 1. The van der Waals surface area contributed by atoms with E-state index < -0.39 is 12.1 Å². The molecule has 0 bridgehead atoms. The Kier molecular flexibility index (Phi) is 2.73. The third kappa shape index (κ3) is 2.58. The van der Waals surface area contributed by atoms with Crippen LogP contribution in [0.3, 0.4) is 0 Å². The lowest BCUT2D eigenvalue weighted by Crippen LogP contribution is -2.28. The Morgan fingerprint density at radius 2 is 1.82 bits per heavy atom. The summed E-state index contributed by atoms with van der Waals surface area (Å²) >= 11 is 4.05. The van der Waals surface area contributed by atoms with Crippen LogP contribution in [0.1, 0.15) is 25.7 Å². The maximum atomic E-state index is 12.1. The van der Waals surface area contributed by atoms with Crippen LogP contribution in [-0.4, -0.2) is 11.4 Å². The zero-order valence-corrected chi connectivity index (χ0v) is 6.96. The zero-order chi connectivity index (χ0) is 8.48. The van der Waals surface area contributed by atoms with Crippen LogP contribution in [0.25, 0.3) is 0 Å². The summed E-state index contributed by atoms with van der Waals surface area (Å²) in [6.07, 6.45) is -2.01. The Bertz CT molecular complexity index is 132. The molecule has 1 aliphatic carbocycles. The lowest BCUT2D eigenvalue weighted by molar-refractivity contribution is -0.181. The molecule has 11 heavy (non-hydrogen) atoms. The van der Waals surface area contributed by atoms with Crippen molar-refractivity contribution >= 4 is 12.6 Å². The first-order valence-electron chi connectivity index (χ1n) is 3.75. The van der Waals surface area contributed by atoms with Gasteiger partial charge in [-0.2, -0.15) is 25.8 Å². The molecule has 0 amide bonds. The fourth-order valence-corrected chi connectivity index (χ4v) is 1.90. The van der Waals surface area contributed by atoms with Gasteiger partial charge in [0.2, 0.25) is 0 Å². The predicted octanol–water partition coefficient (Wildman–Crippen LogP) is 3.04. The SMILES string of the molecule is FC(F)(F)C1CCCC(S)C1. The summed E-state index contributed by atoms with van der Waals surface area (Å²) in [5, 5.41) is -0.0459. The van der Waals surface area contributed by atoms with Gasteiger partial charge < -0.3 is 0 Å². The molecule has 0 radical (unpaired) electrons. The van der Waals surface area contributed by atoms with Crippen LogP contribution in [0.2, 0.25) is 0 Å². The Hall–Kier alpha value is 0.140. The molecule has 2 unspecified atom stereocenters. The Balaban J connectivity index is 2.46. The van der Waals surface area contributed by atoms with Gasteiger partial charge in [0.25, 0.3) is 0 Å². The first-order valence-corrected chi connectivity index (χ1v) is 4.26. The van der Waals surface area contributed by atoms with Crippen molar-refractivity contribution in [3.8, 4) is 0 Å². The monoisotopic (exact) mass is 184 g/mol. The van der Waals surface area contributed by atoms with E-state index >= 15 is 0 Å². The van der Waals surface area contributed by atoms with Crippen LogP contribution < -0.4 is 0 Å². The van der Waals surface area contributed by atoms with Gasteiger partial charge >= 0.3 is 6.18 Å². The second kappa shape index (κ2) is 3.25. The molecule has 4 heteroatoms. The summed E-state index contributed by atoms with van der Waals surface area (Å²) < 4.78 is 36.2. The molecule has 1 rings (SSSR count). The number of alkyl halides is 3. The van der Waals surface area contributed by atoms with Crippen molar-refractivity contribution in [2.24, 2.45) is 5.92 Å². The van der Waals surface area contributed by atoms with Gasteiger partial charge in [0.1, 0.15) is 0 Å². The van der Waals surface area contributed by atoms with Crippen molar-refractivity contribution < 1.29 is 13.2 Å². The average Bonchev–Trinajstić information content (AvgIpc) is 1.86. The normalized spacial score (nSPS) is 33.8. The maximum absolute atomic E-state index is 12.1. The third-order valence-corrected chi connectivity index (χ3v) is 2.58. The van der Waals surface area contributed by atoms with E-state index in [0.29, 0.717) is 12.8 Å². The van der Waals surface area contributed by atoms with E-state index in [4.69, 9.17) is 0 Å². The molecular formula is C7H11F3S. The highest BCUT2D eigenvalue weighted by Gasteiger charge is 2.41. The minimum atomic E-state index is -4.00. The summed E-state index contributed by atoms with van der Waals surface area (Å²) in [5.74, 6) is -1.10. The lowest BCUT2D eigenvalue weighted by Gasteiger charge is -2.27. The molecule has 0 nitrogen and oxygen atoms in total. The first-order chi connectivity index (χ1) is 5.00. The molecule has 0 N–H and O–H groups in total. The van der Waals surface area contributed by atoms with Crippen molar-refractivity contribution in [2.45, 2.75) is 37.1 Å². The second-order valence-corrected chi connectivity index (χ2v) is 3.79. The molecule has 0 aromatic carbocycles. The molecule has 66 valence electrons. The van der Waals surface area contributed by atoms with Crippen molar-refractivity contribution in [1.29, 1.82) is 0 Å². The fourth-order valence-electron chi connectivity index (χ4n) is 1.46. The van der Waals surface area contributed by atoms with Gasteiger partial charge in [0.15, 0.2) is 0 Å². The Labute approximate surface area is 69.6 Å². The second-order valence-electron chi connectivity index (χ2n) is 3.06. The highest BCUT2D eigenvalue weighted by Crippen LogP contribution is 2.38. The summed E-state index contributed by atoms with van der Waals surface area (Å²) in [7, 11) is 0. The van der Waals surface area contributed by atoms with Crippen LogP contribution in [0.15, 0.2) is 0 Å². The fraction of sp³-hybridized carbons (Fsp3) is 1.00. The molecule has 0 saturated heterocycles. The highest BCUT2D eigenvalue weighted by molar-refractivity contribution is 7.80. The topological polar surface area (TPSA) is 0 Å². The number of hydrogen-bond donors (Lipinski definition) is 1. The van der Waals surface area contributed by atoms with E-state index in [2.05, 4.69) is 12.6 Å². The Morgan fingerprint density at radius 3 is 2.18 bits per heavy atom. The van der Waals surface area contributed by atoms with Crippen molar-refractivity contribution in [1.82, 2.24) is 0 Å². The molecule has 0 heterocycles. The van der Waals surface area contributed by atoms with E-state index in [1.54, 1.807) is 0 Å². The van der Waals surface area contributed by atoms with E-state index in [9.17, 15) is 13.2 Å². The minimum Gasteiger partial charge on any atom is -0.176 e. The molecule has 0 spiro atoms. The van der Waals surface area contributed by atoms with Crippen molar-refractivity contribution in [2.75, 3.05) is 0 Å². The van der Waals surface area contributed by atoms with Crippen molar-refractivity contribution in [3.05, 3.63) is 0 Å². The summed E-state index contributed by atoms with van der Waals surface area (Å²) in [5.41, 5.74) is 0. The first kappa shape index (κ1) is 9.23. The standard InChI is InChI=1S/C7H11F3S/c8-7(9,10)5-2-1-3-6(11)4-5/h5-6,11H,1-4H2. The van der Waals surface area contributed by atoms with Gasteiger partial charge in [-0.3, -0.25) is 0 Å². The Morgan fingerprint density at radius 1 is 1.18 bits per heavy atom. The number of hydrogen-bond acceptors (Lipinski definition) is 1. The van der Waals surface area contributed by atoms with Gasteiger partial charge in [-0.15, -0.1) is 0 Å². The molecule has 0 aromatic heterocycles. The van der Waals surface area contributed by atoms with Crippen LogP contribution >= 0.6 is 12.6 Å². The molecule has 1 aliphatic rings. The molecule has 2 atom stereocenters. The third-order valence-electron chi connectivity index (χ3n) is 2.11. The molecule has 0 aromatic rings. The molecular weight excluding hydrogens is 173 g/mol. The quantitative estimate of drug-likeness (QED) is 0.549. The molecule has 0 aliphatic heterocycles. The predicted molar refractivity (Wildman–Crippen MR) is 40.8 cm³/mol. The average molecular weight is 184 g/mol. The van der Waals surface area contributed by atoms with E-state index in [1.165, 1.54) is 0 Å². The zero-order valence-electron chi connectivity index (χ0n) is 6.06. The summed E-state index contributed by atoms with van der Waals surface area (Å²) in [6.45, 7) is 0. The van der Waals surface area contributed by atoms with Crippen LogP contribution in [-0.2, 0) is 0 Å². The van der Waals surface area contributed by atoms with E-state index in [-0.39, 0.29) is 11.7 Å². The molecule has 1 saturated carbocycles. The minimum absolute atomic E-state index is 0.0459. The van der Waals surface area contributed by atoms with Gasteiger partial charge in [0.05, 0.1) is 5.92 Å². The lowest BCUT2D eigenvalue weighted by atomic mass is 9.88. The summed E-state index contributed by atoms with van der Waals surface area (Å²) in [4.78, 5) is 0. The summed E-state index contributed by atoms with van der Waals surface area (Å²) in [6, 6.07) is 0. The van der Waals surface area contributed by atoms with E-state index in [0.717, 1.165) is 6.42 Å². The smallest absolute Gasteiger partial charge is 0.176 e. The van der Waals surface area contributed by atoms with Gasteiger partial charge in [-0.1, -0.05) is 6.42 Å². The largest absolute Gasteiger partial charge is 0.391 e. The van der Waals surface area contributed by atoms with E-state index in [1.807, 2.05) is 0 Å². The number of halogens is 3.